The summed E-state index contributed by atoms with van der Waals surface area (Å²) in [5.74, 6) is 0. The summed E-state index contributed by atoms with van der Waals surface area (Å²) in [5.41, 5.74) is 0. The highest BCUT2D eigenvalue weighted by Gasteiger charge is 1.96. The van der Waals surface area contributed by atoms with E-state index in [0.717, 1.165) is 0 Å². The molecule has 0 aliphatic heterocycles. The van der Waals surface area contributed by atoms with Gasteiger partial charge in [-0.15, -0.1) is 0 Å². The van der Waals surface area contributed by atoms with E-state index in [1.165, 1.54) is 34.1 Å². The van der Waals surface area contributed by atoms with Crippen LogP contribution in [0.3, 0.4) is 0 Å². The van der Waals surface area contributed by atoms with Gasteiger partial charge in [-0.1, -0.05) is 50.3 Å². The van der Waals surface area contributed by atoms with Crippen LogP contribution in [0.15, 0.2) is 36.4 Å². The third kappa shape index (κ3) is 2.01. The molecule has 0 N–H and O–H groups in total. The van der Waals surface area contributed by atoms with Crippen molar-refractivity contribution in [2.45, 2.75) is 26.7 Å². The summed E-state index contributed by atoms with van der Waals surface area (Å²) in [5, 5.41) is 5.49. The molecule has 2 aromatic rings. The van der Waals surface area contributed by atoms with Gasteiger partial charge in [-0.05, 0) is 46.2 Å². The Morgan fingerprint density at radius 3 is 1.62 bits per heavy atom. The summed E-state index contributed by atoms with van der Waals surface area (Å²) in [6, 6.07) is 13.1. The summed E-state index contributed by atoms with van der Waals surface area (Å²) < 4.78 is 0. The highest BCUT2D eigenvalue weighted by molar-refractivity contribution is 5.82. The van der Waals surface area contributed by atoms with E-state index < -0.39 is 0 Å². The number of hydrogen-bond acceptors (Lipinski definition) is 0. The molecule has 0 spiro atoms. The van der Waals surface area contributed by atoms with Crippen molar-refractivity contribution < 1.29 is 0 Å². The first-order valence-corrected chi connectivity index (χ1v) is 6.13. The van der Waals surface area contributed by atoms with Crippen LogP contribution in [0.5, 0.6) is 0 Å². The van der Waals surface area contributed by atoms with E-state index in [-0.39, 0.29) is 0 Å². The molecular weight excluding hydrogens is 192 g/mol. The second-order valence-corrected chi connectivity index (χ2v) is 3.81. The normalized spacial score (nSPS) is 12.9. The first-order valence-electron chi connectivity index (χ1n) is 6.13. The number of rotatable bonds is 0. The van der Waals surface area contributed by atoms with Gasteiger partial charge < -0.3 is 0 Å². The lowest BCUT2D eigenvalue weighted by atomic mass is 10.0. The molecule has 0 heteroatoms. The fourth-order valence-electron chi connectivity index (χ4n) is 2.11. The van der Waals surface area contributed by atoms with Gasteiger partial charge in [-0.3, -0.25) is 0 Å². The molecular formula is C16H18. The predicted molar refractivity (Wildman–Crippen MR) is 72.7 cm³/mol. The molecule has 0 nitrogen and oxygen atoms in total. The maximum Gasteiger partial charge on any atom is -0.0178 e. The Hall–Kier alpha value is -1.56. The Bertz CT molecular complexity index is 536. The topological polar surface area (TPSA) is 0 Å². The van der Waals surface area contributed by atoms with Crippen LogP contribution in [0, 0.1) is 0 Å². The van der Waals surface area contributed by atoms with Gasteiger partial charge in [0.2, 0.25) is 0 Å². The molecule has 0 fully saturated rings. The zero-order valence-electron chi connectivity index (χ0n) is 10.0. The largest absolute Gasteiger partial charge is 0.0763 e. The lowest BCUT2D eigenvalue weighted by Crippen LogP contribution is -2.25. The second kappa shape index (κ2) is 4.98. The van der Waals surface area contributed by atoms with Crippen LogP contribution in [0.1, 0.15) is 26.7 Å². The SMILES string of the molecule is C1=c2cc3ccccc3cc2=CCC1.CC. The van der Waals surface area contributed by atoms with Crippen molar-refractivity contribution >= 4 is 22.9 Å². The quantitative estimate of drug-likeness (QED) is 0.626. The van der Waals surface area contributed by atoms with Gasteiger partial charge in [0.15, 0.2) is 0 Å². The fraction of sp³-hybridized carbons (Fsp3) is 0.250. The summed E-state index contributed by atoms with van der Waals surface area (Å²) in [7, 11) is 0. The molecule has 1 aliphatic carbocycles. The van der Waals surface area contributed by atoms with Gasteiger partial charge in [0.25, 0.3) is 0 Å². The van der Waals surface area contributed by atoms with Crippen LogP contribution in [0.4, 0.5) is 0 Å². The van der Waals surface area contributed by atoms with E-state index in [0.29, 0.717) is 0 Å². The zero-order chi connectivity index (χ0) is 11.4. The van der Waals surface area contributed by atoms with E-state index >= 15 is 0 Å². The standard InChI is InChI=1S/C14H12.C2H6/c1-2-6-12-10-14-8-4-3-7-13(14)9-11(12)5-1;1-2/h1-2,5-10H,3-4H2;1-2H3. The van der Waals surface area contributed by atoms with Crippen molar-refractivity contribution in [2.24, 2.45) is 0 Å². The minimum Gasteiger partial charge on any atom is -0.0763 e. The van der Waals surface area contributed by atoms with E-state index in [4.69, 9.17) is 0 Å². The Morgan fingerprint density at radius 2 is 1.19 bits per heavy atom. The summed E-state index contributed by atoms with van der Waals surface area (Å²) >= 11 is 0. The van der Waals surface area contributed by atoms with Gasteiger partial charge in [0.05, 0.1) is 0 Å². The van der Waals surface area contributed by atoms with Crippen molar-refractivity contribution in [1.82, 2.24) is 0 Å². The first kappa shape index (κ1) is 10.9. The maximum atomic E-state index is 2.34. The van der Waals surface area contributed by atoms with Crippen LogP contribution in [0.2, 0.25) is 0 Å². The van der Waals surface area contributed by atoms with Crippen molar-refractivity contribution in [2.75, 3.05) is 0 Å². The van der Waals surface area contributed by atoms with E-state index in [1.54, 1.807) is 0 Å². The van der Waals surface area contributed by atoms with E-state index in [1.807, 2.05) is 13.8 Å². The summed E-state index contributed by atoms with van der Waals surface area (Å²) in [4.78, 5) is 0. The smallest absolute Gasteiger partial charge is 0.0178 e. The molecule has 0 saturated carbocycles. The minimum atomic E-state index is 1.19. The number of hydrogen-bond donors (Lipinski definition) is 0. The molecule has 0 saturated heterocycles. The van der Waals surface area contributed by atoms with E-state index in [9.17, 15) is 0 Å². The highest BCUT2D eigenvalue weighted by Crippen LogP contribution is 2.09. The molecule has 2 aromatic carbocycles. The fourth-order valence-corrected chi connectivity index (χ4v) is 2.11. The minimum absolute atomic E-state index is 1.19. The molecule has 0 unspecified atom stereocenters. The van der Waals surface area contributed by atoms with Gasteiger partial charge in [0.1, 0.15) is 0 Å². The molecule has 0 aromatic heterocycles. The molecule has 0 bridgehead atoms. The van der Waals surface area contributed by atoms with Gasteiger partial charge in [0, 0.05) is 0 Å². The molecule has 0 heterocycles. The number of fused-ring (bicyclic) bond motifs is 2. The summed E-state index contributed by atoms with van der Waals surface area (Å²) in [6.45, 7) is 4.00. The average molecular weight is 210 g/mol. The second-order valence-electron chi connectivity index (χ2n) is 3.81. The van der Waals surface area contributed by atoms with Crippen LogP contribution in [0.25, 0.3) is 22.9 Å². The van der Waals surface area contributed by atoms with Gasteiger partial charge in [-0.25, -0.2) is 0 Å². The third-order valence-electron chi connectivity index (χ3n) is 2.85. The van der Waals surface area contributed by atoms with Crippen LogP contribution in [-0.4, -0.2) is 0 Å². The van der Waals surface area contributed by atoms with Crippen molar-refractivity contribution in [1.29, 1.82) is 0 Å². The maximum absolute atomic E-state index is 2.34. The Labute approximate surface area is 96.9 Å². The molecule has 0 radical (unpaired) electrons. The van der Waals surface area contributed by atoms with E-state index in [2.05, 4.69) is 48.6 Å². The van der Waals surface area contributed by atoms with Crippen LogP contribution >= 0.6 is 0 Å². The Balaban J connectivity index is 0.000000457. The highest BCUT2D eigenvalue weighted by atomic mass is 14.0. The monoisotopic (exact) mass is 210 g/mol. The molecule has 16 heavy (non-hydrogen) atoms. The van der Waals surface area contributed by atoms with Crippen LogP contribution in [-0.2, 0) is 0 Å². The summed E-state index contributed by atoms with van der Waals surface area (Å²) in [6.07, 6.45) is 7.04. The van der Waals surface area contributed by atoms with Crippen LogP contribution < -0.4 is 10.4 Å². The first-order chi connectivity index (χ1) is 7.93. The predicted octanol–water partition coefficient (Wildman–Crippen LogP) is 3.22. The number of benzene rings is 2. The molecule has 0 atom stereocenters. The third-order valence-corrected chi connectivity index (χ3v) is 2.85. The van der Waals surface area contributed by atoms with Crippen molar-refractivity contribution in [3.8, 4) is 0 Å². The molecule has 3 rings (SSSR count). The molecule has 82 valence electrons. The molecule has 1 aliphatic rings. The Morgan fingerprint density at radius 1 is 0.750 bits per heavy atom. The average Bonchev–Trinajstić information content (AvgIpc) is 2.38. The van der Waals surface area contributed by atoms with Crippen molar-refractivity contribution in [3.63, 3.8) is 0 Å². The lowest BCUT2D eigenvalue weighted by molar-refractivity contribution is 1.12. The Kier molecular flexibility index (Phi) is 3.40. The zero-order valence-corrected chi connectivity index (χ0v) is 10.0. The van der Waals surface area contributed by atoms with Crippen molar-refractivity contribution in [3.05, 3.63) is 46.8 Å². The molecule has 0 amide bonds. The van der Waals surface area contributed by atoms with Gasteiger partial charge in [-0.2, -0.15) is 0 Å². The lowest BCUT2D eigenvalue weighted by Gasteiger charge is -2.02. The van der Waals surface area contributed by atoms with Gasteiger partial charge >= 0.3 is 0 Å².